The van der Waals surface area contributed by atoms with Gasteiger partial charge in [0.1, 0.15) is 0 Å². The van der Waals surface area contributed by atoms with E-state index in [-0.39, 0.29) is 0 Å². The molecule has 0 spiro atoms. The molecule has 0 radical (unpaired) electrons. The first-order valence-electron chi connectivity index (χ1n) is 9.68. The van der Waals surface area contributed by atoms with E-state index in [2.05, 4.69) is 6.92 Å². The molecule has 0 aliphatic carbocycles. The number of thioether (sulfide) groups is 1. The number of rotatable bonds is 13. The molecule has 6 heteroatoms. The fraction of sp³-hybridized carbons (Fsp3) is 0.944. The molecule has 4 nitrogen and oxygen atoms in total. The minimum Gasteiger partial charge on any atom is -0.374 e. The third kappa shape index (κ3) is 10.9. The summed E-state index contributed by atoms with van der Waals surface area (Å²) in [6, 6.07) is 0.850. The molecule has 1 aliphatic rings. The van der Waals surface area contributed by atoms with Crippen LogP contribution in [0.2, 0.25) is 6.04 Å². The molecule has 0 N–H and O–H groups in total. The maximum Gasteiger partial charge on any atom is 0.500 e. The molecule has 1 fully saturated rings. The molecule has 0 aromatic heterocycles. The zero-order valence-corrected chi connectivity index (χ0v) is 18.2. The largest absolute Gasteiger partial charge is 0.500 e. The van der Waals surface area contributed by atoms with Crippen molar-refractivity contribution in [2.75, 3.05) is 19.8 Å². The Labute approximate surface area is 154 Å². The maximum atomic E-state index is 10.6. The van der Waals surface area contributed by atoms with Crippen molar-refractivity contribution >= 4 is 25.7 Å². The Balaban J connectivity index is 0.000000441. The van der Waals surface area contributed by atoms with Crippen LogP contribution in [0.15, 0.2) is 0 Å². The van der Waals surface area contributed by atoms with Gasteiger partial charge in [-0.25, -0.2) is 0 Å². The van der Waals surface area contributed by atoms with Crippen molar-refractivity contribution in [2.45, 2.75) is 90.9 Å². The summed E-state index contributed by atoms with van der Waals surface area (Å²) in [6.07, 6.45) is 8.86. The molecule has 0 amide bonds. The quantitative estimate of drug-likeness (QED) is 0.316. The van der Waals surface area contributed by atoms with Gasteiger partial charge in [-0.15, -0.1) is 0 Å². The van der Waals surface area contributed by atoms with Crippen LogP contribution >= 0.6 is 11.8 Å². The molecule has 0 saturated carbocycles. The fourth-order valence-corrected chi connectivity index (χ4v) is 5.66. The highest BCUT2D eigenvalue weighted by molar-refractivity contribution is 8.16. The lowest BCUT2D eigenvalue weighted by Gasteiger charge is -2.26. The number of hydrogen-bond acceptors (Lipinski definition) is 5. The van der Waals surface area contributed by atoms with Crippen LogP contribution in [0.4, 0.5) is 0 Å². The molecule has 0 aromatic rings. The van der Waals surface area contributed by atoms with Crippen LogP contribution in [0.1, 0.15) is 79.6 Å². The van der Waals surface area contributed by atoms with Crippen LogP contribution in [0, 0.1) is 0 Å². The molecular formula is C18H38O4SSi. The van der Waals surface area contributed by atoms with E-state index in [0.717, 1.165) is 12.5 Å². The van der Waals surface area contributed by atoms with E-state index in [1.54, 1.807) is 11.8 Å². The van der Waals surface area contributed by atoms with Gasteiger partial charge in [-0.2, -0.15) is 0 Å². The Morgan fingerprint density at radius 3 is 1.79 bits per heavy atom. The monoisotopic (exact) mass is 378 g/mol. The minimum atomic E-state index is -2.27. The zero-order chi connectivity index (χ0) is 18.3. The van der Waals surface area contributed by atoms with Gasteiger partial charge in [0.05, 0.1) is 0 Å². The first-order valence-corrected chi connectivity index (χ1v) is 12.5. The lowest BCUT2D eigenvalue weighted by atomic mass is 10.1. The first-order chi connectivity index (χ1) is 11.6. The summed E-state index contributed by atoms with van der Waals surface area (Å²) in [6.45, 7) is 12.2. The summed E-state index contributed by atoms with van der Waals surface area (Å²) >= 11 is 1.55. The van der Waals surface area contributed by atoms with Crippen molar-refractivity contribution in [3.05, 3.63) is 0 Å². The average Bonchev–Trinajstić information content (AvgIpc) is 2.54. The van der Waals surface area contributed by atoms with Crippen LogP contribution in [0.3, 0.4) is 0 Å². The van der Waals surface area contributed by atoms with E-state index in [1.165, 1.54) is 38.5 Å². The van der Waals surface area contributed by atoms with Crippen LogP contribution < -0.4 is 0 Å². The number of unbranched alkanes of at least 4 members (excludes halogenated alkanes) is 4. The minimum absolute atomic E-state index is 0.397. The molecule has 24 heavy (non-hydrogen) atoms. The predicted octanol–water partition coefficient (Wildman–Crippen LogP) is 5.43. The second-order valence-corrected chi connectivity index (χ2v) is 10.2. The summed E-state index contributed by atoms with van der Waals surface area (Å²) < 4.78 is 16.7. The van der Waals surface area contributed by atoms with Crippen molar-refractivity contribution in [2.24, 2.45) is 0 Å². The predicted molar refractivity (Wildman–Crippen MR) is 105 cm³/mol. The summed E-state index contributed by atoms with van der Waals surface area (Å²) in [4.78, 5) is 10.6. The van der Waals surface area contributed by atoms with Gasteiger partial charge in [-0.05, 0) is 27.2 Å². The Bertz CT molecular complexity index is 290. The molecule has 1 unspecified atom stereocenters. The Kier molecular flexibility index (Phi) is 15.5. The van der Waals surface area contributed by atoms with Gasteiger partial charge in [0.2, 0.25) is 0 Å². The Morgan fingerprint density at radius 1 is 0.917 bits per heavy atom. The number of hydrogen-bond donors (Lipinski definition) is 0. The summed E-state index contributed by atoms with van der Waals surface area (Å²) in [5, 5.41) is 1.08. The molecule has 0 aromatic carbocycles. The third-order valence-corrected chi connectivity index (χ3v) is 8.06. The standard InChI is InChI=1S/C10H18OS.C8H20O3Si/c1-2-3-4-5-6-7-9-8-10(11)12-9;1-5-9-12(8-4,10-6-2)11-7-3/h9H,2-8H2,1H3;5-8H2,1-4H3. The van der Waals surface area contributed by atoms with Gasteiger partial charge in [0.15, 0.2) is 5.12 Å². The van der Waals surface area contributed by atoms with Gasteiger partial charge in [-0.1, -0.05) is 57.7 Å². The molecule has 1 heterocycles. The molecule has 0 bridgehead atoms. The summed E-state index contributed by atoms with van der Waals surface area (Å²) in [5.74, 6) is 0. The van der Waals surface area contributed by atoms with E-state index >= 15 is 0 Å². The third-order valence-electron chi connectivity index (χ3n) is 3.85. The van der Waals surface area contributed by atoms with Crippen molar-refractivity contribution in [1.82, 2.24) is 0 Å². The van der Waals surface area contributed by atoms with E-state index in [9.17, 15) is 4.79 Å². The Hall–Kier alpha value is 0.117. The van der Waals surface area contributed by atoms with E-state index < -0.39 is 8.80 Å². The molecular weight excluding hydrogens is 340 g/mol. The molecule has 1 aliphatic heterocycles. The highest BCUT2D eigenvalue weighted by atomic mass is 32.2. The molecule has 144 valence electrons. The lowest BCUT2D eigenvalue weighted by Crippen LogP contribution is -2.45. The van der Waals surface area contributed by atoms with Crippen LogP contribution in [-0.2, 0) is 18.1 Å². The molecule has 1 saturated heterocycles. The smallest absolute Gasteiger partial charge is 0.374 e. The Morgan fingerprint density at radius 2 is 1.42 bits per heavy atom. The van der Waals surface area contributed by atoms with Gasteiger partial charge in [-0.3, -0.25) is 4.79 Å². The topological polar surface area (TPSA) is 44.8 Å². The average molecular weight is 379 g/mol. The van der Waals surface area contributed by atoms with Crippen molar-refractivity contribution in [1.29, 1.82) is 0 Å². The maximum absolute atomic E-state index is 10.6. The van der Waals surface area contributed by atoms with Gasteiger partial charge in [0.25, 0.3) is 0 Å². The van der Waals surface area contributed by atoms with Gasteiger partial charge in [0, 0.05) is 37.5 Å². The van der Waals surface area contributed by atoms with Crippen LogP contribution in [0.25, 0.3) is 0 Å². The van der Waals surface area contributed by atoms with Crippen LogP contribution in [0.5, 0.6) is 0 Å². The van der Waals surface area contributed by atoms with Crippen molar-refractivity contribution in [3.63, 3.8) is 0 Å². The lowest BCUT2D eigenvalue weighted by molar-refractivity contribution is -0.112. The van der Waals surface area contributed by atoms with E-state index in [4.69, 9.17) is 13.3 Å². The number of carbonyl (C=O) groups excluding carboxylic acids is 1. The summed E-state index contributed by atoms with van der Waals surface area (Å²) in [5.41, 5.74) is 0. The highest BCUT2D eigenvalue weighted by Gasteiger charge is 2.37. The second-order valence-electron chi connectivity index (χ2n) is 5.85. The highest BCUT2D eigenvalue weighted by Crippen LogP contribution is 2.33. The van der Waals surface area contributed by atoms with Gasteiger partial charge < -0.3 is 13.3 Å². The van der Waals surface area contributed by atoms with Crippen LogP contribution in [-0.4, -0.2) is 39.0 Å². The molecule has 1 atom stereocenters. The second kappa shape index (κ2) is 15.4. The molecule has 1 rings (SSSR count). The summed E-state index contributed by atoms with van der Waals surface area (Å²) in [7, 11) is -2.27. The normalized spacial score (nSPS) is 17.2. The van der Waals surface area contributed by atoms with E-state index in [1.807, 2.05) is 27.7 Å². The van der Waals surface area contributed by atoms with Gasteiger partial charge >= 0.3 is 8.80 Å². The van der Waals surface area contributed by atoms with Crippen molar-refractivity contribution in [3.8, 4) is 0 Å². The zero-order valence-electron chi connectivity index (χ0n) is 16.4. The number of carbonyl (C=O) groups is 1. The van der Waals surface area contributed by atoms with Crippen molar-refractivity contribution < 1.29 is 18.1 Å². The first kappa shape index (κ1) is 24.1. The SMILES string of the molecule is CCCCCCCC1CC(=O)S1.CCO[Si](CC)(OCC)OCC. The fourth-order valence-electron chi connectivity index (χ4n) is 2.59. The van der Waals surface area contributed by atoms with E-state index in [0.29, 0.717) is 30.2 Å².